The summed E-state index contributed by atoms with van der Waals surface area (Å²) in [5, 5.41) is 9.16. The summed E-state index contributed by atoms with van der Waals surface area (Å²) in [6, 6.07) is 6.39. The number of hydrogen-bond acceptors (Lipinski definition) is 6. The Morgan fingerprint density at radius 3 is 2.76 bits per heavy atom. The Labute approximate surface area is 126 Å². The average molecular weight is 327 g/mol. The van der Waals surface area contributed by atoms with Crippen molar-refractivity contribution in [1.29, 1.82) is 0 Å². The van der Waals surface area contributed by atoms with Gasteiger partial charge in [0, 0.05) is 10.9 Å². The minimum absolute atomic E-state index is 0.134. The van der Waals surface area contributed by atoms with E-state index in [-0.39, 0.29) is 17.6 Å². The fourth-order valence-corrected chi connectivity index (χ4v) is 4.44. The molecule has 6 nitrogen and oxygen atoms in total. The van der Waals surface area contributed by atoms with Gasteiger partial charge in [-0.3, -0.25) is 4.72 Å². The van der Waals surface area contributed by atoms with Crippen molar-refractivity contribution in [3.8, 4) is 11.5 Å². The summed E-state index contributed by atoms with van der Waals surface area (Å²) in [4.78, 5) is 0.640. The summed E-state index contributed by atoms with van der Waals surface area (Å²) in [6.45, 7) is 1.73. The molecule has 0 bridgehead atoms. The molecule has 1 aromatic carbocycles. The summed E-state index contributed by atoms with van der Waals surface area (Å²) in [5.74, 6) is 1.10. The molecule has 0 unspecified atom stereocenters. The number of anilines is 1. The highest BCUT2D eigenvalue weighted by Crippen LogP contribution is 2.35. The zero-order valence-electron chi connectivity index (χ0n) is 11.1. The van der Waals surface area contributed by atoms with Crippen molar-refractivity contribution in [2.24, 2.45) is 0 Å². The summed E-state index contributed by atoms with van der Waals surface area (Å²) in [6.07, 6.45) is 0. The normalized spacial score (nSPS) is 13.4. The molecule has 1 aromatic heterocycles. The number of fused-ring (bicyclic) bond motifs is 1. The van der Waals surface area contributed by atoms with Gasteiger partial charge in [-0.1, -0.05) is 0 Å². The van der Waals surface area contributed by atoms with Crippen LogP contribution in [0.3, 0.4) is 0 Å². The third kappa shape index (κ3) is 2.69. The number of sulfonamides is 1. The van der Waals surface area contributed by atoms with Crippen LogP contribution in [-0.2, 0) is 16.6 Å². The molecule has 0 fully saturated rings. The molecular formula is C13H13NO5S2. The molecule has 0 radical (unpaired) electrons. The van der Waals surface area contributed by atoms with Crippen molar-refractivity contribution in [2.45, 2.75) is 17.7 Å². The van der Waals surface area contributed by atoms with E-state index < -0.39 is 10.0 Å². The first kappa shape index (κ1) is 14.2. The second-order valence-electron chi connectivity index (χ2n) is 4.50. The van der Waals surface area contributed by atoms with Gasteiger partial charge >= 0.3 is 0 Å². The van der Waals surface area contributed by atoms with E-state index >= 15 is 0 Å². The molecule has 0 saturated heterocycles. The lowest BCUT2D eigenvalue weighted by atomic mass is 10.3. The van der Waals surface area contributed by atoms with Crippen LogP contribution in [-0.4, -0.2) is 20.3 Å². The van der Waals surface area contributed by atoms with Gasteiger partial charge in [-0.2, -0.15) is 0 Å². The molecule has 3 rings (SSSR count). The van der Waals surface area contributed by atoms with Crippen molar-refractivity contribution in [3.63, 3.8) is 0 Å². The molecule has 1 aliphatic heterocycles. The zero-order chi connectivity index (χ0) is 15.0. The first-order valence-corrected chi connectivity index (χ1v) is 8.42. The van der Waals surface area contributed by atoms with Gasteiger partial charge in [0.15, 0.2) is 11.5 Å². The molecule has 2 N–H and O–H groups in total. The third-order valence-electron chi connectivity index (χ3n) is 3.03. The fraction of sp³-hybridized carbons (Fsp3) is 0.231. The highest BCUT2D eigenvalue weighted by atomic mass is 32.2. The van der Waals surface area contributed by atoms with Crippen LogP contribution in [0.1, 0.15) is 10.4 Å². The van der Waals surface area contributed by atoms with E-state index in [1.54, 1.807) is 31.2 Å². The molecule has 1 aliphatic rings. The average Bonchev–Trinajstić information content (AvgIpc) is 3.04. The lowest BCUT2D eigenvalue weighted by Crippen LogP contribution is -2.11. The molecule has 0 aliphatic carbocycles. The SMILES string of the molecule is Cc1cc(S(=O)(=O)Nc2ccc3c(c2)OCO3)sc1CO. The fourth-order valence-electron chi connectivity index (χ4n) is 1.94. The first-order chi connectivity index (χ1) is 9.99. The molecule has 0 spiro atoms. The minimum Gasteiger partial charge on any atom is -0.454 e. The van der Waals surface area contributed by atoms with E-state index in [0.29, 0.717) is 22.1 Å². The Morgan fingerprint density at radius 2 is 2.05 bits per heavy atom. The van der Waals surface area contributed by atoms with Crippen molar-refractivity contribution in [1.82, 2.24) is 0 Å². The van der Waals surface area contributed by atoms with Crippen LogP contribution in [0.2, 0.25) is 0 Å². The van der Waals surface area contributed by atoms with Gasteiger partial charge in [-0.25, -0.2) is 8.42 Å². The van der Waals surface area contributed by atoms with E-state index in [0.717, 1.165) is 16.9 Å². The topological polar surface area (TPSA) is 84.9 Å². The highest BCUT2D eigenvalue weighted by Gasteiger charge is 2.20. The maximum atomic E-state index is 12.3. The lowest BCUT2D eigenvalue weighted by Gasteiger charge is -2.06. The maximum Gasteiger partial charge on any atom is 0.271 e. The Bertz CT molecular complexity index is 782. The van der Waals surface area contributed by atoms with E-state index in [1.807, 2.05) is 0 Å². The highest BCUT2D eigenvalue weighted by molar-refractivity contribution is 7.94. The molecule has 21 heavy (non-hydrogen) atoms. The second kappa shape index (κ2) is 5.21. The monoisotopic (exact) mass is 327 g/mol. The van der Waals surface area contributed by atoms with Gasteiger partial charge in [-0.15, -0.1) is 11.3 Å². The summed E-state index contributed by atoms with van der Waals surface area (Å²) < 4.78 is 37.7. The van der Waals surface area contributed by atoms with Gasteiger partial charge < -0.3 is 14.6 Å². The van der Waals surface area contributed by atoms with Crippen LogP contribution >= 0.6 is 11.3 Å². The Balaban J connectivity index is 1.88. The van der Waals surface area contributed by atoms with Crippen LogP contribution in [0.25, 0.3) is 0 Å². The number of aliphatic hydroxyl groups is 1. The smallest absolute Gasteiger partial charge is 0.271 e. The second-order valence-corrected chi connectivity index (χ2v) is 7.55. The van der Waals surface area contributed by atoms with Crippen LogP contribution in [0.4, 0.5) is 5.69 Å². The van der Waals surface area contributed by atoms with Gasteiger partial charge in [0.1, 0.15) is 4.21 Å². The largest absolute Gasteiger partial charge is 0.454 e. The number of hydrogen-bond donors (Lipinski definition) is 2. The number of thiophene rings is 1. The van der Waals surface area contributed by atoms with Crippen molar-refractivity contribution in [2.75, 3.05) is 11.5 Å². The Kier molecular flexibility index (Phi) is 3.52. The summed E-state index contributed by atoms with van der Waals surface area (Å²) in [5.41, 5.74) is 1.16. The van der Waals surface area contributed by atoms with Crippen molar-refractivity contribution < 1.29 is 23.0 Å². The molecular weight excluding hydrogens is 314 g/mol. The molecule has 8 heteroatoms. The number of rotatable bonds is 4. The molecule has 0 saturated carbocycles. The Morgan fingerprint density at radius 1 is 1.29 bits per heavy atom. The van der Waals surface area contributed by atoms with Gasteiger partial charge in [-0.05, 0) is 30.7 Å². The summed E-state index contributed by atoms with van der Waals surface area (Å²) >= 11 is 1.05. The number of ether oxygens (including phenoxy) is 2. The number of benzene rings is 1. The van der Waals surface area contributed by atoms with Gasteiger partial charge in [0.2, 0.25) is 6.79 Å². The predicted molar refractivity (Wildman–Crippen MR) is 78.4 cm³/mol. The molecule has 2 heterocycles. The lowest BCUT2D eigenvalue weighted by molar-refractivity contribution is 0.174. The molecule has 2 aromatic rings. The van der Waals surface area contributed by atoms with Crippen LogP contribution in [0.15, 0.2) is 28.5 Å². The van der Waals surface area contributed by atoms with Crippen LogP contribution < -0.4 is 14.2 Å². The quantitative estimate of drug-likeness (QED) is 0.898. The standard InChI is InChI=1S/C13H13NO5S2/c1-8-4-13(20-12(8)6-15)21(16,17)14-9-2-3-10-11(5-9)19-7-18-10/h2-5,14-15H,6-7H2,1H3. The van der Waals surface area contributed by atoms with Crippen molar-refractivity contribution >= 4 is 27.0 Å². The molecule has 0 atom stereocenters. The summed E-state index contributed by atoms with van der Waals surface area (Å²) in [7, 11) is -3.68. The van der Waals surface area contributed by atoms with E-state index in [2.05, 4.69) is 4.72 Å². The van der Waals surface area contributed by atoms with E-state index in [1.165, 1.54) is 0 Å². The first-order valence-electron chi connectivity index (χ1n) is 6.12. The minimum atomic E-state index is -3.68. The van der Waals surface area contributed by atoms with Crippen LogP contribution in [0.5, 0.6) is 11.5 Å². The van der Waals surface area contributed by atoms with Gasteiger partial charge in [0.05, 0.1) is 12.3 Å². The van der Waals surface area contributed by atoms with Crippen molar-refractivity contribution in [3.05, 3.63) is 34.7 Å². The molecule has 112 valence electrons. The Hall–Kier alpha value is -1.77. The number of aryl methyl sites for hydroxylation is 1. The number of aliphatic hydroxyl groups excluding tert-OH is 1. The maximum absolute atomic E-state index is 12.3. The zero-order valence-corrected chi connectivity index (χ0v) is 12.8. The van der Waals surface area contributed by atoms with Gasteiger partial charge in [0.25, 0.3) is 10.0 Å². The molecule has 0 amide bonds. The third-order valence-corrected chi connectivity index (χ3v) is 6.11. The van der Waals surface area contributed by atoms with Crippen LogP contribution in [0, 0.1) is 6.92 Å². The predicted octanol–water partition coefficient (Wildman–Crippen LogP) is 2.08. The number of nitrogens with one attached hydrogen (secondary N) is 1. The van der Waals surface area contributed by atoms with E-state index in [4.69, 9.17) is 14.6 Å². The van der Waals surface area contributed by atoms with E-state index in [9.17, 15) is 8.42 Å².